The summed E-state index contributed by atoms with van der Waals surface area (Å²) in [6.45, 7) is 8.42. The molecule has 2 aliphatic heterocycles. The molecule has 6 atom stereocenters. The Hall–Kier alpha value is -1.92. The van der Waals surface area contributed by atoms with Gasteiger partial charge in [-0.1, -0.05) is 25.5 Å². The number of hydrogen-bond donors (Lipinski definition) is 1. The zero-order valence-corrected chi connectivity index (χ0v) is 18.5. The van der Waals surface area contributed by atoms with Crippen LogP contribution in [0, 0.1) is 29.0 Å². The topological polar surface area (TPSA) is 53.0 Å². The van der Waals surface area contributed by atoms with Crippen LogP contribution in [-0.4, -0.2) is 60.9 Å². The van der Waals surface area contributed by atoms with Crippen LogP contribution >= 0.6 is 0 Å². The summed E-state index contributed by atoms with van der Waals surface area (Å²) in [5.41, 5.74) is 2.05. The number of aliphatic hydroxyl groups is 1. The minimum atomic E-state index is -0.551. The van der Waals surface area contributed by atoms with E-state index in [-0.39, 0.29) is 35.1 Å². The molecule has 0 radical (unpaired) electrons. The first-order valence-corrected chi connectivity index (χ1v) is 11.7. The standard InChI is InChI=1S/C25H33FN2O3/c1-16-4-3-5-17-14-21-22(23(29)25(16,17)2)20(24(30)31-21)15-27-10-12-28(13-11-27)19-8-6-18(26)7-9-19/h5-9,16,20-23,29H,3-4,10-15H2,1-2H3. The first kappa shape index (κ1) is 21.0. The van der Waals surface area contributed by atoms with E-state index >= 15 is 0 Å². The zero-order valence-electron chi connectivity index (χ0n) is 18.5. The third-order valence-corrected chi connectivity index (χ3v) is 8.59. The molecule has 2 saturated heterocycles. The largest absolute Gasteiger partial charge is 0.461 e. The molecule has 6 heteroatoms. The van der Waals surface area contributed by atoms with Crippen molar-refractivity contribution in [3.05, 3.63) is 41.7 Å². The lowest BCUT2D eigenvalue weighted by Gasteiger charge is -2.52. The molecular formula is C25H33FN2O3. The number of fused-ring (bicyclic) bond motifs is 2. The van der Waals surface area contributed by atoms with Gasteiger partial charge in [0, 0.05) is 56.2 Å². The third kappa shape index (κ3) is 3.48. The van der Waals surface area contributed by atoms with E-state index < -0.39 is 6.10 Å². The fraction of sp³-hybridized carbons (Fsp3) is 0.640. The summed E-state index contributed by atoms with van der Waals surface area (Å²) >= 11 is 0. The second kappa shape index (κ2) is 7.89. The smallest absolute Gasteiger partial charge is 0.311 e. The van der Waals surface area contributed by atoms with E-state index in [1.54, 1.807) is 0 Å². The van der Waals surface area contributed by atoms with E-state index in [0.717, 1.165) is 51.1 Å². The monoisotopic (exact) mass is 428 g/mol. The molecule has 2 heterocycles. The molecule has 168 valence electrons. The Kier molecular flexibility index (Phi) is 5.33. The highest BCUT2D eigenvalue weighted by Gasteiger charge is 2.59. The van der Waals surface area contributed by atoms with Gasteiger partial charge in [-0.3, -0.25) is 9.69 Å². The molecule has 1 N–H and O–H groups in total. The van der Waals surface area contributed by atoms with Crippen LogP contribution in [-0.2, 0) is 9.53 Å². The van der Waals surface area contributed by atoms with Gasteiger partial charge >= 0.3 is 5.97 Å². The number of aliphatic hydroxyl groups excluding tert-OH is 1. The quantitative estimate of drug-likeness (QED) is 0.592. The van der Waals surface area contributed by atoms with Crippen molar-refractivity contribution in [3.8, 4) is 0 Å². The summed E-state index contributed by atoms with van der Waals surface area (Å²) < 4.78 is 19.0. The van der Waals surface area contributed by atoms with Gasteiger partial charge in [0.15, 0.2) is 0 Å². The van der Waals surface area contributed by atoms with E-state index in [9.17, 15) is 14.3 Å². The average Bonchev–Trinajstić information content (AvgIpc) is 3.07. The van der Waals surface area contributed by atoms with Crippen LogP contribution < -0.4 is 4.90 Å². The number of ether oxygens (including phenoxy) is 1. The van der Waals surface area contributed by atoms with Crippen LogP contribution in [0.1, 0.15) is 33.1 Å². The van der Waals surface area contributed by atoms with E-state index in [0.29, 0.717) is 12.5 Å². The highest BCUT2D eigenvalue weighted by Crippen LogP contribution is 2.56. The number of benzene rings is 1. The first-order chi connectivity index (χ1) is 14.9. The highest BCUT2D eigenvalue weighted by atomic mass is 19.1. The Morgan fingerprint density at radius 1 is 1.19 bits per heavy atom. The van der Waals surface area contributed by atoms with Crippen LogP contribution in [0.15, 0.2) is 35.9 Å². The van der Waals surface area contributed by atoms with E-state index in [2.05, 4.69) is 29.7 Å². The number of anilines is 1. The van der Waals surface area contributed by atoms with Crippen molar-refractivity contribution in [2.75, 3.05) is 37.6 Å². The third-order valence-electron chi connectivity index (χ3n) is 8.59. The van der Waals surface area contributed by atoms with Crippen molar-refractivity contribution in [2.45, 2.75) is 45.3 Å². The lowest BCUT2D eigenvalue weighted by Crippen LogP contribution is -2.55. The number of esters is 1. The number of hydrogen-bond acceptors (Lipinski definition) is 5. The molecule has 4 aliphatic rings. The van der Waals surface area contributed by atoms with Gasteiger partial charge in [-0.25, -0.2) is 4.39 Å². The number of halogens is 1. The van der Waals surface area contributed by atoms with Crippen LogP contribution in [0.5, 0.6) is 0 Å². The predicted octanol–water partition coefficient (Wildman–Crippen LogP) is 3.23. The van der Waals surface area contributed by atoms with E-state index in [4.69, 9.17) is 4.74 Å². The summed E-state index contributed by atoms with van der Waals surface area (Å²) in [4.78, 5) is 17.4. The first-order valence-electron chi connectivity index (χ1n) is 11.7. The average molecular weight is 429 g/mol. The van der Waals surface area contributed by atoms with E-state index in [1.807, 2.05) is 12.1 Å². The van der Waals surface area contributed by atoms with Crippen molar-refractivity contribution in [2.24, 2.45) is 23.2 Å². The lowest BCUT2D eigenvalue weighted by atomic mass is 9.55. The number of rotatable bonds is 3. The molecule has 5 rings (SSSR count). The van der Waals surface area contributed by atoms with Crippen LogP contribution in [0.2, 0.25) is 0 Å². The number of allylic oxidation sites excluding steroid dienone is 1. The minimum absolute atomic E-state index is 0.134. The Morgan fingerprint density at radius 3 is 2.61 bits per heavy atom. The van der Waals surface area contributed by atoms with Gasteiger partial charge in [0.05, 0.1) is 12.0 Å². The van der Waals surface area contributed by atoms with Crippen molar-refractivity contribution in [3.63, 3.8) is 0 Å². The SMILES string of the molecule is CC1CCC=C2CC3OC(=O)C(CN4CCN(c5ccc(F)cc5)CC4)C3C(O)C21C. The summed E-state index contributed by atoms with van der Waals surface area (Å²) in [7, 11) is 0. The molecular weight excluding hydrogens is 395 g/mol. The van der Waals surface area contributed by atoms with Crippen LogP contribution in [0.3, 0.4) is 0 Å². The van der Waals surface area contributed by atoms with Gasteiger partial charge in [-0.05, 0) is 43.0 Å². The number of piperazine rings is 1. The second-order valence-corrected chi connectivity index (χ2v) is 10.1. The molecule has 5 nitrogen and oxygen atoms in total. The Labute approximate surface area is 183 Å². The molecule has 1 aromatic carbocycles. The summed E-state index contributed by atoms with van der Waals surface area (Å²) in [5.74, 6) is -0.374. The Balaban J connectivity index is 1.27. The molecule has 1 saturated carbocycles. The van der Waals surface area contributed by atoms with Crippen LogP contribution in [0.25, 0.3) is 0 Å². The number of nitrogens with zero attached hydrogens (tertiary/aromatic N) is 2. The maximum atomic E-state index is 13.2. The Morgan fingerprint density at radius 2 is 1.90 bits per heavy atom. The van der Waals surface area contributed by atoms with Gasteiger partial charge in [0.25, 0.3) is 0 Å². The summed E-state index contributed by atoms with van der Waals surface area (Å²) in [5, 5.41) is 11.5. The van der Waals surface area contributed by atoms with Crippen molar-refractivity contribution < 1.29 is 19.0 Å². The van der Waals surface area contributed by atoms with Gasteiger partial charge in [0.1, 0.15) is 11.9 Å². The minimum Gasteiger partial charge on any atom is -0.461 e. The Bertz CT molecular complexity index is 864. The molecule has 6 unspecified atom stereocenters. The summed E-state index contributed by atoms with van der Waals surface area (Å²) in [6.07, 6.45) is 4.42. The fourth-order valence-electron chi connectivity index (χ4n) is 6.39. The van der Waals surface area contributed by atoms with Crippen molar-refractivity contribution in [1.82, 2.24) is 4.90 Å². The van der Waals surface area contributed by atoms with Gasteiger partial charge in [0.2, 0.25) is 0 Å². The van der Waals surface area contributed by atoms with Crippen LogP contribution in [0.4, 0.5) is 10.1 Å². The van der Waals surface area contributed by atoms with Crippen molar-refractivity contribution in [1.29, 1.82) is 0 Å². The maximum Gasteiger partial charge on any atom is 0.311 e. The predicted molar refractivity (Wildman–Crippen MR) is 117 cm³/mol. The summed E-state index contributed by atoms with van der Waals surface area (Å²) in [6, 6.07) is 6.63. The normalized spacial score (nSPS) is 38.3. The maximum absolute atomic E-state index is 13.2. The van der Waals surface area contributed by atoms with Crippen molar-refractivity contribution >= 4 is 11.7 Å². The van der Waals surface area contributed by atoms with E-state index in [1.165, 1.54) is 17.7 Å². The number of carbonyl (C=O) groups is 1. The molecule has 0 amide bonds. The molecule has 0 aromatic heterocycles. The molecule has 2 aliphatic carbocycles. The van der Waals surface area contributed by atoms with Gasteiger partial charge < -0.3 is 14.7 Å². The molecule has 1 aromatic rings. The molecule has 3 fully saturated rings. The molecule has 31 heavy (non-hydrogen) atoms. The van der Waals surface area contributed by atoms with Gasteiger partial charge in [-0.2, -0.15) is 0 Å². The highest BCUT2D eigenvalue weighted by molar-refractivity contribution is 5.76. The second-order valence-electron chi connectivity index (χ2n) is 10.1. The number of carbonyl (C=O) groups excluding carboxylic acids is 1. The van der Waals surface area contributed by atoms with Gasteiger partial charge in [-0.15, -0.1) is 0 Å². The fourth-order valence-corrected chi connectivity index (χ4v) is 6.39. The lowest BCUT2D eigenvalue weighted by molar-refractivity contribution is -0.145. The zero-order chi connectivity index (χ0) is 21.8. The molecule has 0 spiro atoms. The molecule has 0 bridgehead atoms.